The topological polar surface area (TPSA) is 73.1 Å². The molecule has 1 amide bonds. The van der Waals surface area contributed by atoms with E-state index in [0.717, 1.165) is 12.1 Å². The molecule has 1 saturated heterocycles. The van der Waals surface area contributed by atoms with Gasteiger partial charge >= 0.3 is 0 Å². The SMILES string of the molecule is Cc1cc(C#N)nc(N2CCN(C(=O)CCc3ccccc3)CC2)n1. The zero-order valence-electron chi connectivity index (χ0n) is 14.4. The molecule has 1 fully saturated rings. The molecule has 0 saturated carbocycles. The summed E-state index contributed by atoms with van der Waals surface area (Å²) in [5.41, 5.74) is 2.35. The smallest absolute Gasteiger partial charge is 0.226 e. The number of aryl methyl sites for hydroxylation is 2. The van der Waals surface area contributed by atoms with Crippen molar-refractivity contribution < 1.29 is 4.79 Å². The Morgan fingerprint density at radius 1 is 1.16 bits per heavy atom. The first-order chi connectivity index (χ1) is 12.2. The minimum Gasteiger partial charge on any atom is -0.339 e. The van der Waals surface area contributed by atoms with Crippen LogP contribution in [-0.2, 0) is 11.2 Å². The summed E-state index contributed by atoms with van der Waals surface area (Å²) < 4.78 is 0. The van der Waals surface area contributed by atoms with Crippen molar-refractivity contribution in [1.29, 1.82) is 5.26 Å². The largest absolute Gasteiger partial charge is 0.339 e. The Morgan fingerprint density at radius 2 is 1.88 bits per heavy atom. The molecule has 2 heterocycles. The zero-order valence-corrected chi connectivity index (χ0v) is 14.4. The maximum absolute atomic E-state index is 12.4. The molecule has 1 aromatic heterocycles. The highest BCUT2D eigenvalue weighted by molar-refractivity contribution is 5.76. The molecule has 0 atom stereocenters. The second-order valence-electron chi connectivity index (χ2n) is 6.16. The normalized spacial score (nSPS) is 14.2. The van der Waals surface area contributed by atoms with Crippen molar-refractivity contribution in [2.75, 3.05) is 31.1 Å². The van der Waals surface area contributed by atoms with E-state index in [1.807, 2.05) is 47.1 Å². The standard InChI is InChI=1S/C19H21N5O/c1-15-13-17(14-20)22-19(21-15)24-11-9-23(10-12-24)18(25)8-7-16-5-3-2-4-6-16/h2-6,13H,7-12H2,1H3. The first-order valence-corrected chi connectivity index (χ1v) is 8.48. The Hall–Kier alpha value is -2.94. The minimum atomic E-state index is 0.186. The van der Waals surface area contributed by atoms with Gasteiger partial charge < -0.3 is 9.80 Å². The van der Waals surface area contributed by atoms with Crippen molar-refractivity contribution in [1.82, 2.24) is 14.9 Å². The van der Waals surface area contributed by atoms with Crippen LogP contribution in [0.4, 0.5) is 5.95 Å². The van der Waals surface area contributed by atoms with Gasteiger partial charge in [-0.1, -0.05) is 30.3 Å². The summed E-state index contributed by atoms with van der Waals surface area (Å²) in [7, 11) is 0. The van der Waals surface area contributed by atoms with E-state index in [4.69, 9.17) is 5.26 Å². The number of aromatic nitrogens is 2. The van der Waals surface area contributed by atoms with Crippen LogP contribution in [0.5, 0.6) is 0 Å². The van der Waals surface area contributed by atoms with Gasteiger partial charge in [-0.2, -0.15) is 5.26 Å². The number of hydrogen-bond acceptors (Lipinski definition) is 5. The number of nitrogens with zero attached hydrogens (tertiary/aromatic N) is 5. The van der Waals surface area contributed by atoms with Gasteiger partial charge in [-0.3, -0.25) is 4.79 Å². The molecule has 1 aliphatic rings. The van der Waals surface area contributed by atoms with E-state index < -0.39 is 0 Å². The van der Waals surface area contributed by atoms with Gasteiger partial charge in [0.15, 0.2) is 0 Å². The molecular formula is C19H21N5O. The fourth-order valence-corrected chi connectivity index (χ4v) is 2.96. The van der Waals surface area contributed by atoms with Gasteiger partial charge in [0.25, 0.3) is 0 Å². The Kier molecular flexibility index (Phi) is 5.24. The average Bonchev–Trinajstić information content (AvgIpc) is 2.66. The van der Waals surface area contributed by atoms with Crippen molar-refractivity contribution in [2.24, 2.45) is 0 Å². The highest BCUT2D eigenvalue weighted by Crippen LogP contribution is 2.14. The van der Waals surface area contributed by atoms with E-state index in [9.17, 15) is 4.79 Å². The third-order valence-corrected chi connectivity index (χ3v) is 4.34. The van der Waals surface area contributed by atoms with E-state index >= 15 is 0 Å². The fourth-order valence-electron chi connectivity index (χ4n) is 2.96. The highest BCUT2D eigenvalue weighted by Gasteiger charge is 2.22. The van der Waals surface area contributed by atoms with Crippen LogP contribution in [0, 0.1) is 18.3 Å². The molecule has 0 N–H and O–H groups in total. The first kappa shape index (κ1) is 16.9. The lowest BCUT2D eigenvalue weighted by molar-refractivity contribution is -0.131. The maximum atomic E-state index is 12.4. The lowest BCUT2D eigenvalue weighted by Crippen LogP contribution is -2.49. The van der Waals surface area contributed by atoms with Gasteiger partial charge in [-0.25, -0.2) is 9.97 Å². The summed E-state index contributed by atoms with van der Waals surface area (Å²) in [6.45, 7) is 4.55. The molecule has 6 nitrogen and oxygen atoms in total. The van der Waals surface area contributed by atoms with Crippen LogP contribution in [0.3, 0.4) is 0 Å². The van der Waals surface area contributed by atoms with E-state index in [0.29, 0.717) is 44.2 Å². The number of hydrogen-bond donors (Lipinski definition) is 0. The third kappa shape index (κ3) is 4.32. The highest BCUT2D eigenvalue weighted by atomic mass is 16.2. The number of nitriles is 1. The molecule has 1 aliphatic heterocycles. The minimum absolute atomic E-state index is 0.186. The van der Waals surface area contributed by atoms with Crippen LogP contribution >= 0.6 is 0 Å². The monoisotopic (exact) mass is 335 g/mol. The van der Waals surface area contributed by atoms with E-state index in [2.05, 4.69) is 16.0 Å². The number of carbonyl (C=O) groups excluding carboxylic acids is 1. The van der Waals surface area contributed by atoms with Crippen LogP contribution in [-0.4, -0.2) is 47.0 Å². The average molecular weight is 335 g/mol. The molecule has 6 heteroatoms. The second-order valence-corrected chi connectivity index (χ2v) is 6.16. The summed E-state index contributed by atoms with van der Waals surface area (Å²) in [5, 5.41) is 9.04. The second kappa shape index (κ2) is 7.75. The van der Waals surface area contributed by atoms with Crippen LogP contribution in [0.25, 0.3) is 0 Å². The van der Waals surface area contributed by atoms with Gasteiger partial charge in [-0.15, -0.1) is 0 Å². The maximum Gasteiger partial charge on any atom is 0.226 e. The number of anilines is 1. The summed E-state index contributed by atoms with van der Waals surface area (Å²) in [6, 6.07) is 13.8. The molecule has 3 rings (SSSR count). The number of benzene rings is 1. The molecule has 0 unspecified atom stereocenters. The number of amides is 1. The predicted octanol–water partition coefficient (Wildman–Crippen LogP) is 1.94. The van der Waals surface area contributed by atoms with Crippen molar-refractivity contribution in [2.45, 2.75) is 19.8 Å². The van der Waals surface area contributed by atoms with Crippen LogP contribution in [0.1, 0.15) is 23.4 Å². The van der Waals surface area contributed by atoms with Gasteiger partial charge in [0.05, 0.1) is 0 Å². The van der Waals surface area contributed by atoms with Crippen molar-refractivity contribution in [3.8, 4) is 6.07 Å². The predicted molar refractivity (Wildman–Crippen MR) is 95.0 cm³/mol. The summed E-state index contributed by atoms with van der Waals surface area (Å²) in [4.78, 5) is 25.0. The quantitative estimate of drug-likeness (QED) is 0.854. The lowest BCUT2D eigenvalue weighted by Gasteiger charge is -2.35. The van der Waals surface area contributed by atoms with E-state index in [-0.39, 0.29) is 5.91 Å². The Morgan fingerprint density at radius 3 is 2.56 bits per heavy atom. The van der Waals surface area contributed by atoms with E-state index in [1.165, 1.54) is 5.56 Å². The molecule has 2 aromatic rings. The Balaban J connectivity index is 1.54. The summed E-state index contributed by atoms with van der Waals surface area (Å²) >= 11 is 0. The molecule has 0 aliphatic carbocycles. The molecule has 128 valence electrons. The van der Waals surface area contributed by atoms with Crippen LogP contribution in [0.2, 0.25) is 0 Å². The summed E-state index contributed by atoms with van der Waals surface area (Å²) in [5.74, 6) is 0.763. The van der Waals surface area contributed by atoms with E-state index in [1.54, 1.807) is 6.07 Å². The van der Waals surface area contributed by atoms with Crippen LogP contribution in [0.15, 0.2) is 36.4 Å². The molecule has 1 aromatic carbocycles. The van der Waals surface area contributed by atoms with Gasteiger partial charge in [-0.05, 0) is 25.0 Å². The Bertz CT molecular complexity index is 776. The van der Waals surface area contributed by atoms with Crippen LogP contribution < -0.4 is 4.90 Å². The van der Waals surface area contributed by atoms with Crippen molar-refractivity contribution in [3.05, 3.63) is 53.3 Å². The number of carbonyl (C=O) groups is 1. The lowest BCUT2D eigenvalue weighted by atomic mass is 10.1. The number of piperazine rings is 1. The fraction of sp³-hybridized carbons (Fsp3) is 0.368. The molecule has 0 radical (unpaired) electrons. The molecule has 0 spiro atoms. The first-order valence-electron chi connectivity index (χ1n) is 8.48. The number of rotatable bonds is 4. The Labute approximate surface area is 147 Å². The van der Waals surface area contributed by atoms with Crippen molar-refractivity contribution >= 4 is 11.9 Å². The zero-order chi connectivity index (χ0) is 17.6. The molecule has 25 heavy (non-hydrogen) atoms. The van der Waals surface area contributed by atoms with Gasteiger partial charge in [0.1, 0.15) is 11.8 Å². The summed E-state index contributed by atoms with van der Waals surface area (Å²) in [6.07, 6.45) is 1.30. The van der Waals surface area contributed by atoms with Gasteiger partial charge in [0.2, 0.25) is 11.9 Å². The molecule has 0 bridgehead atoms. The van der Waals surface area contributed by atoms with Crippen molar-refractivity contribution in [3.63, 3.8) is 0 Å². The third-order valence-electron chi connectivity index (χ3n) is 4.34. The van der Waals surface area contributed by atoms with Gasteiger partial charge in [0, 0.05) is 38.3 Å². The molecular weight excluding hydrogens is 314 g/mol.